The molecule has 2 rings (SSSR count). The van der Waals surface area contributed by atoms with Crippen molar-refractivity contribution in [1.29, 1.82) is 0 Å². The normalized spacial score (nSPS) is 10.3. The van der Waals surface area contributed by atoms with E-state index in [0.29, 0.717) is 12.8 Å². The fourth-order valence-electron chi connectivity index (χ4n) is 1.48. The van der Waals surface area contributed by atoms with Crippen LogP contribution in [-0.4, -0.2) is 11.3 Å². The number of furan rings is 1. The number of nitrogens with zero attached hydrogens (tertiary/aromatic N) is 1. The van der Waals surface area contributed by atoms with Crippen LogP contribution in [0.2, 0.25) is 0 Å². The SMILES string of the molecule is Cc1ccc(-c2ccc(CCC=O)o2)cn1. The van der Waals surface area contributed by atoms with E-state index in [1.165, 1.54) is 0 Å². The molecule has 0 radical (unpaired) electrons. The highest BCUT2D eigenvalue weighted by atomic mass is 16.3. The van der Waals surface area contributed by atoms with Crippen molar-refractivity contribution in [2.75, 3.05) is 0 Å². The van der Waals surface area contributed by atoms with Crippen LogP contribution in [0, 0.1) is 6.92 Å². The zero-order valence-corrected chi connectivity index (χ0v) is 9.14. The van der Waals surface area contributed by atoms with Crippen molar-refractivity contribution in [3.63, 3.8) is 0 Å². The molecule has 0 saturated carbocycles. The second kappa shape index (κ2) is 4.75. The molecule has 16 heavy (non-hydrogen) atoms. The van der Waals surface area contributed by atoms with E-state index in [1.807, 2.05) is 31.2 Å². The molecule has 0 aromatic carbocycles. The first-order chi connectivity index (χ1) is 7.79. The van der Waals surface area contributed by atoms with Gasteiger partial charge in [0.15, 0.2) is 0 Å². The van der Waals surface area contributed by atoms with E-state index in [2.05, 4.69) is 4.98 Å². The molecule has 2 aromatic rings. The number of carbonyl (C=O) groups excluding carboxylic acids is 1. The molecule has 2 heterocycles. The lowest BCUT2D eigenvalue weighted by Crippen LogP contribution is -1.82. The van der Waals surface area contributed by atoms with Crippen LogP contribution < -0.4 is 0 Å². The Kier molecular flexibility index (Phi) is 3.15. The molecular formula is C13H13NO2. The fraction of sp³-hybridized carbons (Fsp3) is 0.231. The van der Waals surface area contributed by atoms with Crippen molar-refractivity contribution in [2.45, 2.75) is 19.8 Å². The Morgan fingerprint density at radius 3 is 2.88 bits per heavy atom. The zero-order chi connectivity index (χ0) is 11.4. The summed E-state index contributed by atoms with van der Waals surface area (Å²) in [6, 6.07) is 7.73. The average molecular weight is 215 g/mol. The van der Waals surface area contributed by atoms with Gasteiger partial charge in [-0.2, -0.15) is 0 Å². The van der Waals surface area contributed by atoms with Gasteiger partial charge in [0.05, 0.1) is 0 Å². The molecule has 0 fully saturated rings. The monoisotopic (exact) mass is 215 g/mol. The molecule has 0 unspecified atom stereocenters. The Balaban J connectivity index is 2.17. The summed E-state index contributed by atoms with van der Waals surface area (Å²) in [7, 11) is 0. The number of hydrogen-bond acceptors (Lipinski definition) is 3. The Bertz CT molecular complexity index is 471. The number of aldehydes is 1. The Hall–Kier alpha value is -1.90. The molecule has 0 aliphatic carbocycles. The predicted octanol–water partition coefficient (Wildman–Crippen LogP) is 2.78. The van der Waals surface area contributed by atoms with E-state index in [-0.39, 0.29) is 0 Å². The largest absolute Gasteiger partial charge is 0.461 e. The summed E-state index contributed by atoms with van der Waals surface area (Å²) in [4.78, 5) is 14.5. The highest BCUT2D eigenvalue weighted by Gasteiger charge is 2.04. The molecule has 0 atom stereocenters. The highest BCUT2D eigenvalue weighted by molar-refractivity contribution is 5.56. The Morgan fingerprint density at radius 2 is 2.19 bits per heavy atom. The minimum absolute atomic E-state index is 0.499. The van der Waals surface area contributed by atoms with E-state index < -0.39 is 0 Å². The van der Waals surface area contributed by atoms with Crippen LogP contribution in [0.1, 0.15) is 17.9 Å². The van der Waals surface area contributed by atoms with Crippen LogP contribution in [0.3, 0.4) is 0 Å². The van der Waals surface area contributed by atoms with Crippen LogP contribution >= 0.6 is 0 Å². The Morgan fingerprint density at radius 1 is 1.31 bits per heavy atom. The number of hydrogen-bond donors (Lipinski definition) is 0. The van der Waals surface area contributed by atoms with Gasteiger partial charge in [0.1, 0.15) is 17.8 Å². The van der Waals surface area contributed by atoms with Crippen molar-refractivity contribution < 1.29 is 9.21 Å². The molecule has 0 saturated heterocycles. The van der Waals surface area contributed by atoms with Crippen LogP contribution in [0.25, 0.3) is 11.3 Å². The van der Waals surface area contributed by atoms with Gasteiger partial charge in [0.2, 0.25) is 0 Å². The van der Waals surface area contributed by atoms with Gasteiger partial charge < -0.3 is 9.21 Å². The molecule has 3 heteroatoms. The van der Waals surface area contributed by atoms with Crippen LogP contribution in [0.5, 0.6) is 0 Å². The van der Waals surface area contributed by atoms with Crippen molar-refractivity contribution in [2.24, 2.45) is 0 Å². The van der Waals surface area contributed by atoms with Crippen molar-refractivity contribution >= 4 is 6.29 Å². The summed E-state index contributed by atoms with van der Waals surface area (Å²) in [5.74, 6) is 1.64. The summed E-state index contributed by atoms with van der Waals surface area (Å²) in [6.07, 6.45) is 3.84. The van der Waals surface area contributed by atoms with Gasteiger partial charge >= 0.3 is 0 Å². The second-order valence-corrected chi connectivity index (χ2v) is 3.66. The van der Waals surface area contributed by atoms with Gasteiger partial charge in [-0.25, -0.2) is 0 Å². The first-order valence-electron chi connectivity index (χ1n) is 5.25. The van der Waals surface area contributed by atoms with E-state index >= 15 is 0 Å². The third-order valence-corrected chi connectivity index (χ3v) is 2.37. The summed E-state index contributed by atoms with van der Waals surface area (Å²) < 4.78 is 5.61. The van der Waals surface area contributed by atoms with Crippen LogP contribution in [0.15, 0.2) is 34.9 Å². The second-order valence-electron chi connectivity index (χ2n) is 3.66. The molecule has 82 valence electrons. The maximum atomic E-state index is 10.2. The standard InChI is InChI=1S/C13H13NO2/c1-10-4-5-11(9-14-10)13-7-6-12(16-13)3-2-8-15/h4-9H,2-3H2,1H3. The zero-order valence-electron chi connectivity index (χ0n) is 9.14. The number of aromatic nitrogens is 1. The summed E-state index contributed by atoms with van der Waals surface area (Å²) >= 11 is 0. The van der Waals surface area contributed by atoms with Crippen molar-refractivity contribution in [1.82, 2.24) is 4.98 Å². The third-order valence-electron chi connectivity index (χ3n) is 2.37. The molecule has 3 nitrogen and oxygen atoms in total. The van der Waals surface area contributed by atoms with Crippen LogP contribution in [-0.2, 0) is 11.2 Å². The number of carbonyl (C=O) groups is 1. The molecule has 0 bridgehead atoms. The molecule has 0 aliphatic heterocycles. The van der Waals surface area contributed by atoms with Gasteiger partial charge in [-0.3, -0.25) is 4.98 Å². The van der Waals surface area contributed by atoms with Gasteiger partial charge in [-0.1, -0.05) is 0 Å². The van der Waals surface area contributed by atoms with Crippen molar-refractivity contribution in [3.05, 3.63) is 41.9 Å². The Labute approximate surface area is 94.1 Å². The predicted molar refractivity (Wildman–Crippen MR) is 61.1 cm³/mol. The molecule has 0 N–H and O–H groups in total. The fourth-order valence-corrected chi connectivity index (χ4v) is 1.48. The first-order valence-corrected chi connectivity index (χ1v) is 5.25. The van der Waals surface area contributed by atoms with E-state index in [9.17, 15) is 4.79 Å². The molecular weight excluding hydrogens is 202 g/mol. The molecule has 2 aromatic heterocycles. The van der Waals surface area contributed by atoms with Crippen molar-refractivity contribution in [3.8, 4) is 11.3 Å². The highest BCUT2D eigenvalue weighted by Crippen LogP contribution is 2.21. The van der Waals surface area contributed by atoms with E-state index in [4.69, 9.17) is 4.42 Å². The summed E-state index contributed by atoms with van der Waals surface area (Å²) in [5, 5.41) is 0. The maximum absolute atomic E-state index is 10.2. The minimum Gasteiger partial charge on any atom is -0.461 e. The van der Waals surface area contributed by atoms with E-state index in [1.54, 1.807) is 6.20 Å². The number of aryl methyl sites for hydroxylation is 2. The smallest absolute Gasteiger partial charge is 0.135 e. The summed E-state index contributed by atoms with van der Waals surface area (Å²) in [6.45, 7) is 1.95. The van der Waals surface area contributed by atoms with Gasteiger partial charge in [0, 0.05) is 30.3 Å². The van der Waals surface area contributed by atoms with Gasteiger partial charge in [-0.15, -0.1) is 0 Å². The molecule has 0 spiro atoms. The number of pyridine rings is 1. The van der Waals surface area contributed by atoms with Crippen LogP contribution in [0.4, 0.5) is 0 Å². The topological polar surface area (TPSA) is 43.1 Å². The molecule has 0 amide bonds. The van der Waals surface area contributed by atoms with Gasteiger partial charge in [-0.05, 0) is 31.2 Å². The maximum Gasteiger partial charge on any atom is 0.135 e. The lowest BCUT2D eigenvalue weighted by Gasteiger charge is -1.97. The first kappa shape index (κ1) is 10.6. The van der Waals surface area contributed by atoms with Gasteiger partial charge in [0.25, 0.3) is 0 Å². The lowest BCUT2D eigenvalue weighted by atomic mass is 10.2. The average Bonchev–Trinajstić information content (AvgIpc) is 2.76. The molecule has 0 aliphatic rings. The van der Waals surface area contributed by atoms with E-state index in [0.717, 1.165) is 29.1 Å². The third kappa shape index (κ3) is 2.37. The minimum atomic E-state index is 0.499. The summed E-state index contributed by atoms with van der Waals surface area (Å²) in [5.41, 5.74) is 1.94. The lowest BCUT2D eigenvalue weighted by molar-refractivity contribution is -0.107. The number of rotatable bonds is 4. The quantitative estimate of drug-likeness (QED) is 0.736.